The molecule has 0 bridgehead atoms. The summed E-state index contributed by atoms with van der Waals surface area (Å²) in [6.45, 7) is 2.20. The number of nitrogens with zero attached hydrogens (tertiary/aromatic N) is 1. The number of rotatable bonds is 11. The molecule has 1 rings (SSSR count). The van der Waals surface area contributed by atoms with E-state index in [0.717, 1.165) is 12.8 Å². The molecule has 5 heteroatoms. The smallest absolute Gasteiger partial charge is 0.211 e. The molecule has 0 aliphatic carbocycles. The molecule has 0 saturated heterocycles. The van der Waals surface area contributed by atoms with E-state index in [2.05, 4.69) is 17.4 Å². The molecule has 1 amide bonds. The van der Waals surface area contributed by atoms with Crippen LogP contribution in [0.1, 0.15) is 63.9 Å². The third kappa shape index (κ3) is 5.76. The van der Waals surface area contributed by atoms with E-state index in [0.29, 0.717) is 29.8 Å². The molecular formula is C17H26N2O3. The van der Waals surface area contributed by atoms with Crippen molar-refractivity contribution in [2.45, 2.75) is 58.3 Å². The maximum absolute atomic E-state index is 10.5. The van der Waals surface area contributed by atoms with Gasteiger partial charge in [-0.2, -0.15) is 0 Å². The van der Waals surface area contributed by atoms with E-state index in [9.17, 15) is 15.1 Å². The highest BCUT2D eigenvalue weighted by atomic mass is 16.4. The molecule has 1 aromatic rings. The summed E-state index contributed by atoms with van der Waals surface area (Å²) >= 11 is 0. The molecule has 0 aromatic heterocycles. The van der Waals surface area contributed by atoms with Gasteiger partial charge in [-0.15, -0.1) is 0 Å². The van der Waals surface area contributed by atoms with E-state index in [-0.39, 0.29) is 5.75 Å². The second-order valence-corrected chi connectivity index (χ2v) is 5.38. The summed E-state index contributed by atoms with van der Waals surface area (Å²) in [5, 5.41) is 25.0. The highest BCUT2D eigenvalue weighted by Gasteiger charge is 2.12. The van der Waals surface area contributed by atoms with Gasteiger partial charge < -0.3 is 15.6 Å². The molecule has 122 valence electrons. The monoisotopic (exact) mass is 306 g/mol. The van der Waals surface area contributed by atoms with E-state index in [4.69, 9.17) is 0 Å². The predicted molar refractivity (Wildman–Crippen MR) is 88.7 cm³/mol. The molecule has 0 heterocycles. The highest BCUT2D eigenvalue weighted by Crippen LogP contribution is 2.28. The van der Waals surface area contributed by atoms with Gasteiger partial charge in [0.1, 0.15) is 5.75 Å². The van der Waals surface area contributed by atoms with Crippen molar-refractivity contribution in [3.8, 4) is 5.75 Å². The second-order valence-electron chi connectivity index (χ2n) is 5.38. The summed E-state index contributed by atoms with van der Waals surface area (Å²) in [7, 11) is 0. The van der Waals surface area contributed by atoms with Gasteiger partial charge in [0.15, 0.2) is 0 Å². The van der Waals surface area contributed by atoms with E-state index < -0.39 is 0 Å². The van der Waals surface area contributed by atoms with E-state index in [1.165, 1.54) is 32.1 Å². The summed E-state index contributed by atoms with van der Waals surface area (Å²) in [6.07, 6.45) is 9.32. The number of hydrogen-bond acceptors (Lipinski definition) is 4. The van der Waals surface area contributed by atoms with Crippen molar-refractivity contribution in [3.63, 3.8) is 0 Å². The minimum absolute atomic E-state index is 0.0645. The van der Waals surface area contributed by atoms with Gasteiger partial charge in [-0.05, 0) is 25.0 Å². The Bertz CT molecular complexity index is 487. The lowest BCUT2D eigenvalue weighted by atomic mass is 10.0. The predicted octanol–water partition coefficient (Wildman–Crippen LogP) is 4.28. The standard InChI is InChI=1S/C17H26N2O3/c1-2-3-4-5-6-7-8-11-15(19-22)14-10-9-12-16(17(14)21)18-13-20/h9-10,12-13,21-22H,2-8,11H2,1H3,(H,18,20). The van der Waals surface area contributed by atoms with Crippen LogP contribution in [0.4, 0.5) is 5.69 Å². The number of benzene rings is 1. The molecule has 0 saturated carbocycles. The van der Waals surface area contributed by atoms with Gasteiger partial charge in [-0.25, -0.2) is 0 Å². The Morgan fingerprint density at radius 2 is 1.86 bits per heavy atom. The van der Waals surface area contributed by atoms with Crippen molar-refractivity contribution in [1.82, 2.24) is 0 Å². The average Bonchev–Trinajstić information content (AvgIpc) is 2.53. The first-order chi connectivity index (χ1) is 10.7. The van der Waals surface area contributed by atoms with Crippen LogP contribution in [-0.4, -0.2) is 22.4 Å². The van der Waals surface area contributed by atoms with Gasteiger partial charge >= 0.3 is 0 Å². The van der Waals surface area contributed by atoms with Crippen LogP contribution in [0.25, 0.3) is 0 Å². The van der Waals surface area contributed by atoms with Crippen molar-refractivity contribution < 1.29 is 15.1 Å². The topological polar surface area (TPSA) is 81.9 Å². The van der Waals surface area contributed by atoms with E-state index in [1.807, 2.05) is 0 Å². The first-order valence-corrected chi connectivity index (χ1v) is 7.98. The minimum atomic E-state index is -0.0645. The van der Waals surface area contributed by atoms with Crippen LogP contribution in [0.5, 0.6) is 5.75 Å². The van der Waals surface area contributed by atoms with Crippen molar-refractivity contribution >= 4 is 17.8 Å². The molecule has 22 heavy (non-hydrogen) atoms. The van der Waals surface area contributed by atoms with Gasteiger partial charge in [-0.3, -0.25) is 4.79 Å². The number of carbonyl (C=O) groups excluding carboxylic acids is 1. The van der Waals surface area contributed by atoms with Crippen molar-refractivity contribution in [3.05, 3.63) is 23.8 Å². The van der Waals surface area contributed by atoms with Crippen LogP contribution in [0.3, 0.4) is 0 Å². The molecule has 5 nitrogen and oxygen atoms in total. The molecule has 0 unspecified atom stereocenters. The fourth-order valence-electron chi connectivity index (χ4n) is 2.44. The quantitative estimate of drug-likeness (QED) is 0.142. The summed E-state index contributed by atoms with van der Waals surface area (Å²) < 4.78 is 0. The molecule has 0 radical (unpaired) electrons. The fourth-order valence-corrected chi connectivity index (χ4v) is 2.44. The zero-order chi connectivity index (χ0) is 16.2. The van der Waals surface area contributed by atoms with Gasteiger partial charge in [-0.1, -0.05) is 56.7 Å². The number of phenolic OH excluding ortho intramolecular Hbond substituents is 1. The Morgan fingerprint density at radius 1 is 1.18 bits per heavy atom. The van der Waals surface area contributed by atoms with Crippen LogP contribution in [-0.2, 0) is 4.79 Å². The Labute approximate surface area is 132 Å². The highest BCUT2D eigenvalue weighted by molar-refractivity contribution is 6.04. The normalized spacial score (nSPS) is 11.4. The molecule has 1 aromatic carbocycles. The molecule has 3 N–H and O–H groups in total. The molecule has 0 aliphatic rings. The Kier molecular flexibility index (Phi) is 8.72. The Morgan fingerprint density at radius 3 is 2.50 bits per heavy atom. The molecule has 0 fully saturated rings. The van der Waals surface area contributed by atoms with Crippen LogP contribution in [0, 0.1) is 0 Å². The summed E-state index contributed by atoms with van der Waals surface area (Å²) in [5.74, 6) is -0.0645. The number of phenols is 1. The number of anilines is 1. The maximum Gasteiger partial charge on any atom is 0.211 e. The number of carbonyl (C=O) groups is 1. The summed E-state index contributed by atoms with van der Waals surface area (Å²) in [6, 6.07) is 4.98. The number of unbranched alkanes of at least 4 members (excludes halogenated alkanes) is 6. The maximum atomic E-state index is 10.5. The lowest BCUT2D eigenvalue weighted by Crippen LogP contribution is -2.04. The zero-order valence-electron chi connectivity index (χ0n) is 13.2. The first-order valence-electron chi connectivity index (χ1n) is 7.98. The largest absolute Gasteiger partial charge is 0.505 e. The van der Waals surface area contributed by atoms with E-state index >= 15 is 0 Å². The van der Waals surface area contributed by atoms with Crippen LogP contribution in [0.15, 0.2) is 23.4 Å². The number of nitrogens with one attached hydrogen (secondary N) is 1. The Hall–Kier alpha value is -2.04. The first kappa shape index (κ1) is 18.0. The third-order valence-electron chi connectivity index (χ3n) is 3.70. The number of hydrogen-bond donors (Lipinski definition) is 3. The average molecular weight is 306 g/mol. The molecule has 0 spiro atoms. The molecule has 0 aliphatic heterocycles. The number of para-hydroxylation sites is 1. The van der Waals surface area contributed by atoms with Crippen LogP contribution < -0.4 is 5.32 Å². The van der Waals surface area contributed by atoms with Crippen LogP contribution >= 0.6 is 0 Å². The van der Waals surface area contributed by atoms with Gasteiger partial charge in [0.25, 0.3) is 0 Å². The van der Waals surface area contributed by atoms with Gasteiger partial charge in [0.2, 0.25) is 6.41 Å². The second kappa shape index (κ2) is 10.7. The number of oxime groups is 1. The van der Waals surface area contributed by atoms with Crippen LogP contribution in [0.2, 0.25) is 0 Å². The number of amides is 1. The minimum Gasteiger partial charge on any atom is -0.505 e. The molecular weight excluding hydrogens is 280 g/mol. The SMILES string of the molecule is CCCCCCCCCC(=NO)c1cccc(NC=O)c1O. The summed E-state index contributed by atoms with van der Waals surface area (Å²) in [5.41, 5.74) is 1.22. The zero-order valence-corrected chi connectivity index (χ0v) is 13.2. The van der Waals surface area contributed by atoms with Gasteiger partial charge in [0.05, 0.1) is 11.4 Å². The fraction of sp³-hybridized carbons (Fsp3) is 0.529. The third-order valence-corrected chi connectivity index (χ3v) is 3.70. The Balaban J connectivity index is 2.51. The molecule has 0 atom stereocenters. The number of aromatic hydroxyl groups is 1. The van der Waals surface area contributed by atoms with Gasteiger partial charge in [0, 0.05) is 5.56 Å². The van der Waals surface area contributed by atoms with Crippen molar-refractivity contribution in [2.75, 3.05) is 5.32 Å². The lowest BCUT2D eigenvalue weighted by molar-refractivity contribution is -0.105. The van der Waals surface area contributed by atoms with E-state index in [1.54, 1.807) is 18.2 Å². The van der Waals surface area contributed by atoms with Crippen molar-refractivity contribution in [1.29, 1.82) is 0 Å². The van der Waals surface area contributed by atoms with Crippen molar-refractivity contribution in [2.24, 2.45) is 5.16 Å². The lowest BCUT2D eigenvalue weighted by Gasteiger charge is -2.10. The summed E-state index contributed by atoms with van der Waals surface area (Å²) in [4.78, 5) is 10.5.